The first kappa shape index (κ1) is 26.4. The molecule has 190 valence electrons. The number of carbonyl (C=O) groups is 1. The van der Waals surface area contributed by atoms with Crippen LogP contribution in [0.2, 0.25) is 5.02 Å². The van der Waals surface area contributed by atoms with Gasteiger partial charge in [0.2, 0.25) is 0 Å². The van der Waals surface area contributed by atoms with Crippen molar-refractivity contribution < 1.29 is 9.53 Å². The minimum Gasteiger partial charge on any atom is -0.486 e. The highest BCUT2D eigenvalue weighted by molar-refractivity contribution is 6.30. The van der Waals surface area contributed by atoms with Crippen molar-refractivity contribution in [2.45, 2.75) is 44.8 Å². The monoisotopic (exact) mass is 504 g/mol. The molecular weight excluding hydrogens is 468 g/mol. The summed E-state index contributed by atoms with van der Waals surface area (Å²) in [6.07, 6.45) is 4.65. The average Bonchev–Trinajstić information content (AvgIpc) is 2.91. The number of Topliss-reactive ketones (excluding diaryl/α,β-unsaturated/α-hetero) is 1. The fourth-order valence-corrected chi connectivity index (χ4v) is 5.09. The van der Waals surface area contributed by atoms with E-state index < -0.39 is 0 Å². The zero-order valence-electron chi connectivity index (χ0n) is 21.2. The van der Waals surface area contributed by atoms with Gasteiger partial charge >= 0.3 is 0 Å². The lowest BCUT2D eigenvalue weighted by Crippen LogP contribution is -2.33. The van der Waals surface area contributed by atoms with E-state index in [1.807, 2.05) is 55.6 Å². The summed E-state index contributed by atoms with van der Waals surface area (Å²) in [5.74, 6) is 1.62. The van der Waals surface area contributed by atoms with Gasteiger partial charge in [0.1, 0.15) is 11.9 Å². The Kier molecular flexibility index (Phi) is 9.97. The number of hydrogen-bond acceptors (Lipinski definition) is 4. The van der Waals surface area contributed by atoms with Crippen molar-refractivity contribution in [3.63, 3.8) is 0 Å². The molecule has 1 unspecified atom stereocenters. The minimum atomic E-state index is -0.110. The third kappa shape index (κ3) is 7.92. The van der Waals surface area contributed by atoms with E-state index in [0.717, 1.165) is 55.9 Å². The molecule has 1 saturated heterocycles. The van der Waals surface area contributed by atoms with Gasteiger partial charge in [-0.25, -0.2) is 0 Å². The van der Waals surface area contributed by atoms with Gasteiger partial charge < -0.3 is 10.1 Å². The molecule has 1 aliphatic heterocycles. The van der Waals surface area contributed by atoms with Gasteiger partial charge in [0.25, 0.3) is 0 Å². The van der Waals surface area contributed by atoms with Crippen LogP contribution in [0, 0.1) is 5.92 Å². The van der Waals surface area contributed by atoms with E-state index in [9.17, 15) is 4.79 Å². The Morgan fingerprint density at radius 3 is 2.47 bits per heavy atom. The van der Waals surface area contributed by atoms with Crippen LogP contribution in [-0.4, -0.2) is 37.4 Å². The van der Waals surface area contributed by atoms with E-state index in [4.69, 9.17) is 16.3 Å². The van der Waals surface area contributed by atoms with Crippen LogP contribution in [-0.2, 0) is 6.54 Å². The third-order valence-electron chi connectivity index (χ3n) is 7.07. The van der Waals surface area contributed by atoms with Gasteiger partial charge in [0.15, 0.2) is 5.78 Å². The van der Waals surface area contributed by atoms with Gasteiger partial charge in [-0.2, -0.15) is 0 Å². The summed E-state index contributed by atoms with van der Waals surface area (Å²) in [5.41, 5.74) is 3.23. The third-order valence-corrected chi connectivity index (χ3v) is 7.31. The molecule has 1 aliphatic rings. The first-order chi connectivity index (χ1) is 17.6. The Bertz CT molecular complexity index is 1080. The van der Waals surface area contributed by atoms with Crippen LogP contribution in [0.5, 0.6) is 5.75 Å². The molecule has 0 radical (unpaired) electrons. The first-order valence-electron chi connectivity index (χ1n) is 13.1. The molecule has 0 aromatic heterocycles. The molecule has 4 nitrogen and oxygen atoms in total. The molecule has 1 fully saturated rings. The Balaban J connectivity index is 1.26. The van der Waals surface area contributed by atoms with Gasteiger partial charge in [-0.3, -0.25) is 9.69 Å². The van der Waals surface area contributed by atoms with Gasteiger partial charge in [-0.1, -0.05) is 72.3 Å². The second-order valence-corrected chi connectivity index (χ2v) is 10.2. The lowest BCUT2D eigenvalue weighted by atomic mass is 9.90. The predicted molar refractivity (Wildman–Crippen MR) is 148 cm³/mol. The highest BCUT2D eigenvalue weighted by Gasteiger charge is 2.21. The van der Waals surface area contributed by atoms with Crippen molar-refractivity contribution in [2.75, 3.05) is 26.7 Å². The standard InChI is InChI=1S/C31H37ClN2O2/c1-33-19-16-31(36-29-9-5-8-28(32)22-29)27-13-11-26(12-14-27)30(35)15-10-24-17-20-34(21-18-24)23-25-6-3-2-4-7-25/h2-9,11-14,22,24,31,33H,10,15-21,23H2,1H3. The van der Waals surface area contributed by atoms with Crippen molar-refractivity contribution >= 4 is 17.4 Å². The zero-order valence-corrected chi connectivity index (χ0v) is 21.9. The topological polar surface area (TPSA) is 41.6 Å². The van der Waals surface area contributed by atoms with Crippen LogP contribution in [0.25, 0.3) is 0 Å². The van der Waals surface area contributed by atoms with Crippen molar-refractivity contribution in [3.8, 4) is 5.75 Å². The molecule has 0 bridgehead atoms. The van der Waals surface area contributed by atoms with Crippen LogP contribution < -0.4 is 10.1 Å². The van der Waals surface area contributed by atoms with Crippen molar-refractivity contribution in [3.05, 3.63) is 101 Å². The summed E-state index contributed by atoms with van der Waals surface area (Å²) < 4.78 is 6.24. The minimum absolute atomic E-state index is 0.110. The second kappa shape index (κ2) is 13.6. The Morgan fingerprint density at radius 1 is 1.03 bits per heavy atom. The maximum absolute atomic E-state index is 12.9. The van der Waals surface area contributed by atoms with E-state index in [-0.39, 0.29) is 11.9 Å². The van der Waals surface area contributed by atoms with E-state index in [2.05, 4.69) is 40.5 Å². The number of ketones is 1. The van der Waals surface area contributed by atoms with Crippen molar-refractivity contribution in [2.24, 2.45) is 5.92 Å². The number of hydrogen-bond donors (Lipinski definition) is 1. The number of carbonyl (C=O) groups excluding carboxylic acids is 1. The van der Waals surface area contributed by atoms with Gasteiger partial charge in [-0.05, 0) is 81.2 Å². The normalized spacial score (nSPS) is 15.5. The number of benzene rings is 3. The summed E-state index contributed by atoms with van der Waals surface area (Å²) in [4.78, 5) is 15.4. The Hall–Kier alpha value is -2.66. The fourth-order valence-electron chi connectivity index (χ4n) is 4.91. The quantitative estimate of drug-likeness (QED) is 0.271. The highest BCUT2D eigenvalue weighted by Crippen LogP contribution is 2.28. The summed E-state index contributed by atoms with van der Waals surface area (Å²) in [6.45, 7) is 4.08. The van der Waals surface area contributed by atoms with E-state index >= 15 is 0 Å². The molecule has 1 heterocycles. The highest BCUT2D eigenvalue weighted by atomic mass is 35.5. The van der Waals surface area contributed by atoms with Gasteiger partial charge in [0.05, 0.1) is 0 Å². The average molecular weight is 505 g/mol. The number of likely N-dealkylation sites (tertiary alicyclic amines) is 1. The molecule has 0 saturated carbocycles. The molecule has 5 heteroatoms. The van der Waals surface area contributed by atoms with Gasteiger partial charge in [0, 0.05) is 30.0 Å². The fraction of sp³-hybridized carbons (Fsp3) is 0.387. The van der Waals surface area contributed by atoms with E-state index in [1.165, 1.54) is 18.4 Å². The molecule has 3 aromatic carbocycles. The van der Waals surface area contributed by atoms with Crippen molar-refractivity contribution in [1.29, 1.82) is 0 Å². The smallest absolute Gasteiger partial charge is 0.162 e. The maximum Gasteiger partial charge on any atom is 0.162 e. The molecule has 0 aliphatic carbocycles. The van der Waals surface area contributed by atoms with Crippen LogP contribution in [0.1, 0.15) is 59.7 Å². The van der Waals surface area contributed by atoms with E-state index in [0.29, 0.717) is 17.4 Å². The summed E-state index contributed by atoms with van der Waals surface area (Å²) in [5, 5.41) is 3.85. The molecule has 0 amide bonds. The predicted octanol–water partition coefficient (Wildman–Crippen LogP) is 6.94. The number of rotatable bonds is 12. The van der Waals surface area contributed by atoms with Crippen LogP contribution in [0.3, 0.4) is 0 Å². The van der Waals surface area contributed by atoms with Crippen molar-refractivity contribution in [1.82, 2.24) is 10.2 Å². The molecule has 4 rings (SSSR count). The summed E-state index contributed by atoms with van der Waals surface area (Å²) in [6, 6.07) is 26.1. The lowest BCUT2D eigenvalue weighted by molar-refractivity contribution is 0.0961. The van der Waals surface area contributed by atoms with E-state index in [1.54, 1.807) is 0 Å². The summed E-state index contributed by atoms with van der Waals surface area (Å²) >= 11 is 6.13. The molecule has 1 atom stereocenters. The molecule has 1 N–H and O–H groups in total. The SMILES string of the molecule is CNCCC(Oc1cccc(Cl)c1)c1ccc(C(=O)CCC2CCN(Cc3ccccc3)CC2)cc1. The molecular formula is C31H37ClN2O2. The maximum atomic E-state index is 12.9. The molecule has 3 aromatic rings. The van der Waals surface area contributed by atoms with Gasteiger partial charge in [-0.15, -0.1) is 0 Å². The lowest BCUT2D eigenvalue weighted by Gasteiger charge is -2.32. The Labute approximate surface area is 220 Å². The van der Waals surface area contributed by atoms with Crippen LogP contribution in [0.15, 0.2) is 78.9 Å². The first-order valence-corrected chi connectivity index (χ1v) is 13.4. The zero-order chi connectivity index (χ0) is 25.2. The summed E-state index contributed by atoms with van der Waals surface area (Å²) in [7, 11) is 1.94. The molecule has 0 spiro atoms. The number of ether oxygens (including phenoxy) is 1. The largest absolute Gasteiger partial charge is 0.486 e. The Morgan fingerprint density at radius 2 is 1.78 bits per heavy atom. The molecule has 36 heavy (non-hydrogen) atoms. The number of piperidine rings is 1. The number of nitrogens with zero attached hydrogens (tertiary/aromatic N) is 1. The number of nitrogens with one attached hydrogen (secondary N) is 1. The van der Waals surface area contributed by atoms with Crippen LogP contribution >= 0.6 is 11.6 Å². The van der Waals surface area contributed by atoms with Crippen LogP contribution in [0.4, 0.5) is 0 Å². The number of halogens is 1. The second-order valence-electron chi connectivity index (χ2n) is 9.75.